The van der Waals surface area contributed by atoms with E-state index >= 15 is 0 Å². The minimum absolute atomic E-state index is 0.225. The van der Waals surface area contributed by atoms with Gasteiger partial charge in [-0.3, -0.25) is 4.79 Å². The van der Waals surface area contributed by atoms with Gasteiger partial charge in [-0.2, -0.15) is 0 Å². The standard InChI is InChI=1S/C16H18N2O3/c1-2-20-14-6-4-3-5-12(14)10-17-16(19)13-9-15(21-18-13)11-7-8-11/h3-6,9,11H,2,7-8,10H2,1H3,(H,17,19). The van der Waals surface area contributed by atoms with Crippen molar-refractivity contribution < 1.29 is 14.1 Å². The van der Waals surface area contributed by atoms with E-state index in [4.69, 9.17) is 9.26 Å². The molecule has 0 spiro atoms. The van der Waals surface area contributed by atoms with Crippen molar-refractivity contribution in [3.8, 4) is 5.75 Å². The smallest absolute Gasteiger partial charge is 0.273 e. The second-order valence-electron chi connectivity index (χ2n) is 5.11. The molecule has 0 unspecified atom stereocenters. The van der Waals surface area contributed by atoms with Gasteiger partial charge >= 0.3 is 0 Å². The van der Waals surface area contributed by atoms with Crippen LogP contribution < -0.4 is 10.1 Å². The molecule has 0 atom stereocenters. The van der Waals surface area contributed by atoms with E-state index in [0.29, 0.717) is 24.8 Å². The molecule has 0 radical (unpaired) electrons. The van der Waals surface area contributed by atoms with Gasteiger partial charge in [-0.25, -0.2) is 0 Å². The predicted molar refractivity (Wildman–Crippen MR) is 77.3 cm³/mol. The summed E-state index contributed by atoms with van der Waals surface area (Å²) in [5.41, 5.74) is 1.28. The van der Waals surface area contributed by atoms with Crippen LogP contribution in [0.1, 0.15) is 47.5 Å². The summed E-state index contributed by atoms with van der Waals surface area (Å²) in [6, 6.07) is 9.40. The van der Waals surface area contributed by atoms with Crippen LogP contribution in [0.25, 0.3) is 0 Å². The van der Waals surface area contributed by atoms with Crippen LogP contribution in [0, 0.1) is 0 Å². The molecule has 1 saturated carbocycles. The second kappa shape index (κ2) is 5.99. The fourth-order valence-electron chi connectivity index (χ4n) is 2.17. The summed E-state index contributed by atoms with van der Waals surface area (Å²) in [7, 11) is 0. The molecule has 0 bridgehead atoms. The molecule has 1 aliphatic rings. The van der Waals surface area contributed by atoms with E-state index in [-0.39, 0.29) is 5.91 Å². The highest BCUT2D eigenvalue weighted by atomic mass is 16.5. The highest BCUT2D eigenvalue weighted by Crippen LogP contribution is 2.40. The Morgan fingerprint density at radius 2 is 2.24 bits per heavy atom. The second-order valence-corrected chi connectivity index (χ2v) is 5.11. The van der Waals surface area contributed by atoms with Crippen molar-refractivity contribution in [1.82, 2.24) is 10.5 Å². The highest BCUT2D eigenvalue weighted by molar-refractivity contribution is 5.92. The van der Waals surface area contributed by atoms with E-state index in [9.17, 15) is 4.79 Å². The first kappa shape index (κ1) is 13.7. The van der Waals surface area contributed by atoms with E-state index < -0.39 is 0 Å². The van der Waals surface area contributed by atoms with Crippen molar-refractivity contribution in [2.75, 3.05) is 6.61 Å². The van der Waals surface area contributed by atoms with Crippen LogP contribution in [-0.4, -0.2) is 17.7 Å². The Labute approximate surface area is 123 Å². The van der Waals surface area contributed by atoms with E-state index in [0.717, 1.165) is 29.9 Å². The quantitative estimate of drug-likeness (QED) is 0.886. The summed E-state index contributed by atoms with van der Waals surface area (Å²) >= 11 is 0. The van der Waals surface area contributed by atoms with Gasteiger partial charge in [-0.05, 0) is 25.8 Å². The van der Waals surface area contributed by atoms with E-state index in [1.807, 2.05) is 31.2 Å². The fraction of sp³-hybridized carbons (Fsp3) is 0.375. The van der Waals surface area contributed by atoms with Crippen LogP contribution in [0.3, 0.4) is 0 Å². The Morgan fingerprint density at radius 1 is 1.43 bits per heavy atom. The number of carbonyl (C=O) groups excluding carboxylic acids is 1. The van der Waals surface area contributed by atoms with Crippen LogP contribution in [0.5, 0.6) is 5.75 Å². The van der Waals surface area contributed by atoms with Crippen molar-refractivity contribution in [3.05, 3.63) is 47.3 Å². The summed E-state index contributed by atoms with van der Waals surface area (Å²) in [5.74, 6) is 1.84. The maximum absolute atomic E-state index is 12.1. The fourth-order valence-corrected chi connectivity index (χ4v) is 2.17. The van der Waals surface area contributed by atoms with Crippen molar-refractivity contribution in [3.63, 3.8) is 0 Å². The molecule has 21 heavy (non-hydrogen) atoms. The number of rotatable bonds is 6. The SMILES string of the molecule is CCOc1ccccc1CNC(=O)c1cc(C2CC2)on1. The maximum atomic E-state index is 12.1. The van der Waals surface area contributed by atoms with Gasteiger partial charge in [-0.15, -0.1) is 0 Å². The lowest BCUT2D eigenvalue weighted by Crippen LogP contribution is -2.23. The van der Waals surface area contributed by atoms with Gasteiger partial charge in [0.05, 0.1) is 6.61 Å². The molecule has 5 nitrogen and oxygen atoms in total. The Bertz CT molecular complexity index is 632. The molecule has 1 aliphatic carbocycles. The van der Waals surface area contributed by atoms with Crippen LogP contribution in [0.2, 0.25) is 0 Å². The Hall–Kier alpha value is -2.30. The number of para-hydroxylation sites is 1. The lowest BCUT2D eigenvalue weighted by atomic mass is 10.2. The summed E-state index contributed by atoms with van der Waals surface area (Å²) in [6.07, 6.45) is 2.25. The van der Waals surface area contributed by atoms with Crippen LogP contribution >= 0.6 is 0 Å². The Kier molecular flexibility index (Phi) is 3.90. The zero-order chi connectivity index (χ0) is 14.7. The predicted octanol–water partition coefficient (Wildman–Crippen LogP) is 2.88. The van der Waals surface area contributed by atoms with Crippen molar-refractivity contribution in [2.45, 2.75) is 32.2 Å². The van der Waals surface area contributed by atoms with Gasteiger partial charge in [0.15, 0.2) is 5.69 Å². The monoisotopic (exact) mass is 286 g/mol. The zero-order valence-corrected chi connectivity index (χ0v) is 12.0. The average molecular weight is 286 g/mol. The first-order chi connectivity index (χ1) is 10.3. The number of hydrogen-bond donors (Lipinski definition) is 1. The molecule has 5 heteroatoms. The summed E-state index contributed by atoms with van der Waals surface area (Å²) in [6.45, 7) is 2.93. The van der Waals surface area contributed by atoms with Crippen molar-refractivity contribution in [2.24, 2.45) is 0 Å². The number of carbonyl (C=O) groups is 1. The number of nitrogens with zero attached hydrogens (tertiary/aromatic N) is 1. The van der Waals surface area contributed by atoms with Crippen LogP contribution in [0.4, 0.5) is 0 Å². The largest absolute Gasteiger partial charge is 0.494 e. The molecule has 3 rings (SSSR count). The van der Waals surface area contributed by atoms with Gasteiger partial charge in [0, 0.05) is 24.1 Å². The molecule has 1 amide bonds. The van der Waals surface area contributed by atoms with Gasteiger partial charge < -0.3 is 14.6 Å². The molecule has 2 aromatic rings. The van der Waals surface area contributed by atoms with Crippen molar-refractivity contribution >= 4 is 5.91 Å². The molecule has 1 heterocycles. The van der Waals surface area contributed by atoms with Gasteiger partial charge in [0.2, 0.25) is 0 Å². The van der Waals surface area contributed by atoms with Crippen LogP contribution in [-0.2, 0) is 6.54 Å². The molecule has 1 fully saturated rings. The molecule has 1 aromatic carbocycles. The molecule has 1 N–H and O–H groups in total. The number of ether oxygens (including phenoxy) is 1. The normalized spacial score (nSPS) is 14.0. The van der Waals surface area contributed by atoms with E-state index in [2.05, 4.69) is 10.5 Å². The number of hydrogen-bond acceptors (Lipinski definition) is 4. The van der Waals surface area contributed by atoms with Crippen LogP contribution in [0.15, 0.2) is 34.9 Å². The number of nitrogens with one attached hydrogen (secondary N) is 1. The third kappa shape index (κ3) is 3.24. The molecular formula is C16H18N2O3. The Balaban J connectivity index is 1.62. The molecule has 0 saturated heterocycles. The summed E-state index contributed by atoms with van der Waals surface area (Å²) in [4.78, 5) is 12.1. The minimum Gasteiger partial charge on any atom is -0.494 e. The topological polar surface area (TPSA) is 64.4 Å². The maximum Gasteiger partial charge on any atom is 0.273 e. The average Bonchev–Trinajstić information content (AvgIpc) is 3.24. The molecule has 0 aliphatic heterocycles. The van der Waals surface area contributed by atoms with Gasteiger partial charge in [0.25, 0.3) is 5.91 Å². The van der Waals surface area contributed by atoms with E-state index in [1.165, 1.54) is 0 Å². The third-order valence-corrected chi connectivity index (χ3v) is 3.45. The zero-order valence-electron chi connectivity index (χ0n) is 12.0. The molecular weight excluding hydrogens is 268 g/mol. The summed E-state index contributed by atoms with van der Waals surface area (Å²) in [5, 5.41) is 6.68. The Morgan fingerprint density at radius 3 is 3.00 bits per heavy atom. The van der Waals surface area contributed by atoms with Crippen molar-refractivity contribution in [1.29, 1.82) is 0 Å². The van der Waals surface area contributed by atoms with E-state index in [1.54, 1.807) is 6.07 Å². The lowest BCUT2D eigenvalue weighted by Gasteiger charge is -2.10. The van der Waals surface area contributed by atoms with Gasteiger partial charge in [-0.1, -0.05) is 23.4 Å². The first-order valence-corrected chi connectivity index (χ1v) is 7.23. The molecule has 110 valence electrons. The highest BCUT2D eigenvalue weighted by Gasteiger charge is 2.28. The van der Waals surface area contributed by atoms with Gasteiger partial charge in [0.1, 0.15) is 11.5 Å². The summed E-state index contributed by atoms with van der Waals surface area (Å²) < 4.78 is 10.7. The number of benzene rings is 1. The minimum atomic E-state index is -0.225. The number of aromatic nitrogens is 1. The third-order valence-electron chi connectivity index (χ3n) is 3.45. The molecule has 1 aromatic heterocycles. The lowest BCUT2D eigenvalue weighted by molar-refractivity contribution is 0.0941. The number of amides is 1. The first-order valence-electron chi connectivity index (χ1n) is 7.23.